The maximum absolute atomic E-state index is 12.1. The third-order valence-electron chi connectivity index (χ3n) is 1.89. The van der Waals surface area contributed by atoms with Crippen LogP contribution in [0.4, 0.5) is 13.2 Å². The quantitative estimate of drug-likeness (QED) is 0.884. The molecule has 0 aliphatic carbocycles. The first-order chi connectivity index (χ1) is 8.03. The monoisotopic (exact) mass is 350 g/mol. The topological polar surface area (TPSA) is 76.9 Å². The van der Waals surface area contributed by atoms with E-state index in [0.717, 1.165) is 11.6 Å². The smallest absolute Gasteiger partial charge is 0.235 e. The Morgan fingerprint density at radius 1 is 1.50 bits per heavy atom. The van der Waals surface area contributed by atoms with Gasteiger partial charge in [-0.05, 0) is 22.9 Å². The average Bonchev–Trinajstić information content (AvgIpc) is 2.41. The van der Waals surface area contributed by atoms with Crippen LogP contribution in [0.5, 0.6) is 0 Å². The van der Waals surface area contributed by atoms with Crippen LogP contribution in [0.2, 0.25) is 0 Å². The highest BCUT2D eigenvalue weighted by Crippen LogP contribution is 2.23. The average molecular weight is 351 g/mol. The molecule has 0 amide bonds. The van der Waals surface area contributed by atoms with Crippen molar-refractivity contribution in [1.29, 1.82) is 0 Å². The van der Waals surface area contributed by atoms with Crippen LogP contribution in [-0.4, -0.2) is 35.6 Å². The predicted octanol–water partition coefficient (Wildman–Crippen LogP) is 1.20. The first-order valence-corrected chi connectivity index (χ1v) is 6.95. The summed E-state index contributed by atoms with van der Waals surface area (Å²) in [6, 6.07) is -1.28. The van der Waals surface area contributed by atoms with Gasteiger partial charge in [-0.1, -0.05) is 5.21 Å². The zero-order valence-electron chi connectivity index (χ0n) is 9.36. The number of sulfonamides is 1. The van der Waals surface area contributed by atoms with E-state index in [1.54, 1.807) is 0 Å². The fourth-order valence-electron chi connectivity index (χ4n) is 1.32. The number of aryl methyl sites for hydroxylation is 1. The van der Waals surface area contributed by atoms with Gasteiger partial charge in [0.1, 0.15) is 0 Å². The van der Waals surface area contributed by atoms with E-state index in [9.17, 15) is 21.6 Å². The molecule has 1 rings (SSSR count). The molecule has 0 aliphatic rings. The van der Waals surface area contributed by atoms with Crippen LogP contribution < -0.4 is 4.72 Å². The second kappa shape index (κ2) is 5.13. The van der Waals surface area contributed by atoms with E-state index in [2.05, 4.69) is 26.2 Å². The predicted molar refractivity (Wildman–Crippen MR) is 59.2 cm³/mol. The van der Waals surface area contributed by atoms with Gasteiger partial charge < -0.3 is 0 Å². The van der Waals surface area contributed by atoms with Crippen molar-refractivity contribution in [1.82, 2.24) is 19.7 Å². The van der Waals surface area contributed by atoms with Crippen molar-refractivity contribution < 1.29 is 21.6 Å². The molecule has 0 aromatic carbocycles. The number of rotatable bonds is 4. The maximum Gasteiger partial charge on any atom is 0.390 e. The molecule has 6 nitrogen and oxygen atoms in total. The Morgan fingerprint density at radius 3 is 2.44 bits per heavy atom. The summed E-state index contributed by atoms with van der Waals surface area (Å²) in [4.78, 5) is 0. The SMILES string of the molecule is CC(CC(F)(F)F)NS(=O)(=O)c1c(Br)nnn1C. The molecule has 1 aromatic heterocycles. The van der Waals surface area contributed by atoms with Crippen LogP contribution in [-0.2, 0) is 17.1 Å². The molecule has 1 N–H and O–H groups in total. The van der Waals surface area contributed by atoms with Gasteiger partial charge in [0.05, 0.1) is 6.42 Å². The van der Waals surface area contributed by atoms with Gasteiger partial charge in [-0.2, -0.15) is 13.2 Å². The van der Waals surface area contributed by atoms with Crippen molar-refractivity contribution in [3.8, 4) is 0 Å². The third-order valence-corrected chi connectivity index (χ3v) is 4.36. The number of hydrogen-bond acceptors (Lipinski definition) is 4. The molecule has 0 bridgehead atoms. The highest BCUT2D eigenvalue weighted by Gasteiger charge is 2.33. The van der Waals surface area contributed by atoms with E-state index in [1.165, 1.54) is 7.05 Å². The van der Waals surface area contributed by atoms with Gasteiger partial charge in [0.25, 0.3) is 10.0 Å². The van der Waals surface area contributed by atoms with Gasteiger partial charge in [0.15, 0.2) is 4.60 Å². The van der Waals surface area contributed by atoms with Crippen molar-refractivity contribution in [2.24, 2.45) is 7.05 Å². The standard InChI is InChI=1S/C7H10BrF3N4O2S/c1-4(3-7(9,10)11)13-18(16,17)6-5(8)12-14-15(6)2/h4,13H,3H2,1-2H3. The van der Waals surface area contributed by atoms with Crippen molar-refractivity contribution in [3.05, 3.63) is 4.60 Å². The third kappa shape index (κ3) is 3.92. The Hall–Kier alpha value is -0.680. The minimum absolute atomic E-state index is 0.0586. The summed E-state index contributed by atoms with van der Waals surface area (Å²) in [5, 5.41) is 6.57. The van der Waals surface area contributed by atoms with Crippen LogP contribution in [0.1, 0.15) is 13.3 Å². The number of halogens is 4. The highest BCUT2D eigenvalue weighted by atomic mass is 79.9. The molecule has 11 heteroatoms. The number of aromatic nitrogens is 3. The Morgan fingerprint density at radius 2 is 2.06 bits per heavy atom. The van der Waals surface area contributed by atoms with Gasteiger partial charge >= 0.3 is 6.18 Å². The molecule has 1 heterocycles. The van der Waals surface area contributed by atoms with Gasteiger partial charge in [-0.15, -0.1) is 5.10 Å². The lowest BCUT2D eigenvalue weighted by atomic mass is 10.2. The van der Waals surface area contributed by atoms with E-state index in [-0.39, 0.29) is 9.63 Å². The largest absolute Gasteiger partial charge is 0.390 e. The molecule has 18 heavy (non-hydrogen) atoms. The summed E-state index contributed by atoms with van der Waals surface area (Å²) in [6.45, 7) is 1.13. The molecule has 104 valence electrons. The molecule has 0 aliphatic heterocycles. The van der Waals surface area contributed by atoms with Crippen molar-refractivity contribution >= 4 is 26.0 Å². The van der Waals surface area contributed by atoms with E-state index >= 15 is 0 Å². The molecule has 1 unspecified atom stereocenters. The van der Waals surface area contributed by atoms with Crippen molar-refractivity contribution in [3.63, 3.8) is 0 Å². The molecule has 0 radical (unpaired) electrons. The fourth-order valence-corrected chi connectivity index (χ4v) is 3.66. The Kier molecular flexibility index (Phi) is 4.38. The highest BCUT2D eigenvalue weighted by molar-refractivity contribution is 9.10. The van der Waals surface area contributed by atoms with Crippen LogP contribution in [0.15, 0.2) is 9.63 Å². The number of nitrogens with one attached hydrogen (secondary N) is 1. The second-order valence-corrected chi connectivity index (χ2v) is 6.03. The number of hydrogen-bond donors (Lipinski definition) is 1. The number of alkyl halides is 3. The summed E-state index contributed by atoms with van der Waals surface area (Å²) in [6.07, 6.45) is -5.70. The molecular formula is C7H10BrF3N4O2S. The summed E-state index contributed by atoms with van der Waals surface area (Å²) in [7, 11) is -2.79. The van der Waals surface area contributed by atoms with Gasteiger partial charge in [0, 0.05) is 13.1 Å². The number of nitrogens with zero attached hydrogens (tertiary/aromatic N) is 3. The van der Waals surface area contributed by atoms with Crippen LogP contribution in [0, 0.1) is 0 Å². The first kappa shape index (κ1) is 15.4. The van der Waals surface area contributed by atoms with Crippen LogP contribution in [0.3, 0.4) is 0 Å². The van der Waals surface area contributed by atoms with Gasteiger partial charge in [0.2, 0.25) is 5.03 Å². The van der Waals surface area contributed by atoms with Crippen molar-refractivity contribution in [2.75, 3.05) is 0 Å². The fraction of sp³-hybridized carbons (Fsp3) is 0.714. The van der Waals surface area contributed by atoms with E-state index in [1.807, 2.05) is 4.72 Å². The molecular weight excluding hydrogens is 341 g/mol. The van der Waals surface area contributed by atoms with Crippen LogP contribution in [0.25, 0.3) is 0 Å². The summed E-state index contributed by atoms with van der Waals surface area (Å²) < 4.78 is 62.8. The molecule has 0 saturated carbocycles. The molecule has 0 saturated heterocycles. The zero-order chi connectivity index (χ0) is 14.1. The zero-order valence-corrected chi connectivity index (χ0v) is 11.8. The van der Waals surface area contributed by atoms with E-state index < -0.39 is 28.7 Å². The Balaban J connectivity index is 2.90. The minimum Gasteiger partial charge on any atom is -0.235 e. The lowest BCUT2D eigenvalue weighted by Crippen LogP contribution is -2.36. The summed E-state index contributed by atoms with van der Waals surface area (Å²) in [5.74, 6) is 0. The lowest BCUT2D eigenvalue weighted by molar-refractivity contribution is -0.137. The lowest BCUT2D eigenvalue weighted by Gasteiger charge is -2.15. The maximum atomic E-state index is 12.1. The molecule has 1 aromatic rings. The first-order valence-electron chi connectivity index (χ1n) is 4.67. The normalized spacial score (nSPS) is 14.8. The molecule has 0 spiro atoms. The minimum atomic E-state index is -4.44. The molecule has 1 atom stereocenters. The van der Waals surface area contributed by atoms with E-state index in [4.69, 9.17) is 0 Å². The summed E-state index contributed by atoms with van der Waals surface area (Å²) in [5.41, 5.74) is 0. The second-order valence-electron chi connectivity index (χ2n) is 3.65. The Bertz CT molecular complexity index is 508. The van der Waals surface area contributed by atoms with Gasteiger partial charge in [-0.25, -0.2) is 17.8 Å². The molecule has 0 fully saturated rings. The Labute approximate surface area is 110 Å². The summed E-state index contributed by atoms with van der Waals surface area (Å²) >= 11 is 2.87. The van der Waals surface area contributed by atoms with E-state index in [0.29, 0.717) is 0 Å². The van der Waals surface area contributed by atoms with Gasteiger partial charge in [-0.3, -0.25) is 0 Å². The van der Waals surface area contributed by atoms with Crippen LogP contribution >= 0.6 is 15.9 Å². The van der Waals surface area contributed by atoms with Crippen molar-refractivity contribution in [2.45, 2.75) is 30.6 Å².